The third-order valence-corrected chi connectivity index (χ3v) is 3.51. The second-order valence-electron chi connectivity index (χ2n) is 5.53. The summed E-state index contributed by atoms with van der Waals surface area (Å²) >= 11 is 0. The van der Waals surface area contributed by atoms with Crippen molar-refractivity contribution in [3.63, 3.8) is 0 Å². The monoisotopic (exact) mass is 286 g/mol. The molecular formula is C14H26N2O4. The normalized spacial score (nSPS) is 17.8. The summed E-state index contributed by atoms with van der Waals surface area (Å²) in [5.74, 6) is -0.913. The summed E-state index contributed by atoms with van der Waals surface area (Å²) < 4.78 is 5.30. The van der Waals surface area contributed by atoms with E-state index < -0.39 is 18.0 Å². The Morgan fingerprint density at radius 3 is 2.45 bits per heavy atom. The summed E-state index contributed by atoms with van der Waals surface area (Å²) in [6, 6.07) is -1.23. The van der Waals surface area contributed by atoms with Gasteiger partial charge in [-0.3, -0.25) is 0 Å². The fourth-order valence-corrected chi connectivity index (χ4v) is 2.50. The molecule has 6 heteroatoms. The highest BCUT2D eigenvalue weighted by molar-refractivity contribution is 5.82. The Balaban J connectivity index is 2.33. The van der Waals surface area contributed by atoms with Gasteiger partial charge in [-0.05, 0) is 32.6 Å². The van der Waals surface area contributed by atoms with Crippen molar-refractivity contribution in [2.75, 3.05) is 13.2 Å². The number of amides is 2. The number of aliphatic carboxylic acids is 1. The van der Waals surface area contributed by atoms with Gasteiger partial charge in [0, 0.05) is 6.54 Å². The lowest BCUT2D eigenvalue weighted by Gasteiger charge is -2.28. The third kappa shape index (κ3) is 6.23. The molecule has 116 valence electrons. The van der Waals surface area contributed by atoms with Crippen LogP contribution < -0.4 is 10.6 Å². The molecule has 1 rings (SSSR count). The van der Waals surface area contributed by atoms with Crippen LogP contribution in [0.1, 0.15) is 46.0 Å². The van der Waals surface area contributed by atoms with Crippen LogP contribution in [0.2, 0.25) is 0 Å². The Morgan fingerprint density at radius 2 is 1.90 bits per heavy atom. The van der Waals surface area contributed by atoms with E-state index in [4.69, 9.17) is 4.74 Å². The first-order chi connectivity index (χ1) is 9.50. The molecule has 0 aromatic heterocycles. The number of carbonyl (C=O) groups excluding carboxylic acids is 1. The zero-order chi connectivity index (χ0) is 15.0. The number of hydrogen-bond acceptors (Lipinski definition) is 3. The fraction of sp³-hybridized carbons (Fsp3) is 0.857. The number of carbonyl (C=O) groups is 2. The van der Waals surface area contributed by atoms with E-state index in [-0.39, 0.29) is 12.0 Å². The van der Waals surface area contributed by atoms with Crippen LogP contribution in [-0.2, 0) is 9.53 Å². The van der Waals surface area contributed by atoms with Crippen LogP contribution >= 0.6 is 0 Å². The SMILES string of the molecule is CC(C)OCCNC(=O)NC(C(=O)O)C1CCCCC1. The zero-order valence-corrected chi connectivity index (χ0v) is 12.4. The van der Waals surface area contributed by atoms with Gasteiger partial charge in [-0.2, -0.15) is 0 Å². The van der Waals surface area contributed by atoms with Crippen molar-refractivity contribution in [1.29, 1.82) is 0 Å². The number of rotatable bonds is 7. The molecule has 0 aromatic carbocycles. The summed E-state index contributed by atoms with van der Waals surface area (Å²) in [6.45, 7) is 4.64. The van der Waals surface area contributed by atoms with Gasteiger partial charge < -0.3 is 20.5 Å². The minimum atomic E-state index is -0.953. The molecule has 1 fully saturated rings. The Kier molecular flexibility index (Phi) is 7.36. The molecule has 20 heavy (non-hydrogen) atoms. The van der Waals surface area contributed by atoms with E-state index in [1.54, 1.807) is 0 Å². The van der Waals surface area contributed by atoms with Gasteiger partial charge in [0.1, 0.15) is 6.04 Å². The second-order valence-corrected chi connectivity index (χ2v) is 5.53. The number of carboxylic acid groups (broad SMARTS) is 1. The van der Waals surface area contributed by atoms with E-state index in [9.17, 15) is 14.7 Å². The molecule has 0 bridgehead atoms. The van der Waals surface area contributed by atoms with Crippen molar-refractivity contribution in [2.45, 2.75) is 58.1 Å². The van der Waals surface area contributed by atoms with Gasteiger partial charge in [-0.15, -0.1) is 0 Å². The predicted molar refractivity (Wildman–Crippen MR) is 75.6 cm³/mol. The van der Waals surface area contributed by atoms with Gasteiger partial charge in [0.15, 0.2) is 0 Å². The third-order valence-electron chi connectivity index (χ3n) is 3.51. The minimum absolute atomic E-state index is 0.0407. The van der Waals surface area contributed by atoms with E-state index >= 15 is 0 Å². The number of carboxylic acids is 1. The van der Waals surface area contributed by atoms with Crippen LogP contribution in [0.4, 0.5) is 4.79 Å². The van der Waals surface area contributed by atoms with Crippen LogP contribution in [-0.4, -0.2) is 42.4 Å². The number of ether oxygens (including phenoxy) is 1. The van der Waals surface area contributed by atoms with Crippen molar-refractivity contribution < 1.29 is 19.4 Å². The summed E-state index contributed by atoms with van der Waals surface area (Å²) in [6.07, 6.45) is 5.09. The lowest BCUT2D eigenvalue weighted by atomic mass is 9.84. The first kappa shape index (κ1) is 16.8. The van der Waals surface area contributed by atoms with Crippen molar-refractivity contribution in [2.24, 2.45) is 5.92 Å². The molecule has 1 aliphatic rings. The van der Waals surface area contributed by atoms with E-state index in [1.165, 1.54) is 0 Å². The highest BCUT2D eigenvalue weighted by atomic mass is 16.5. The van der Waals surface area contributed by atoms with Crippen LogP contribution in [0.15, 0.2) is 0 Å². The van der Waals surface area contributed by atoms with Gasteiger partial charge in [0.05, 0.1) is 12.7 Å². The van der Waals surface area contributed by atoms with Gasteiger partial charge in [-0.1, -0.05) is 19.3 Å². The Bertz CT molecular complexity index is 314. The zero-order valence-electron chi connectivity index (χ0n) is 12.4. The molecule has 3 N–H and O–H groups in total. The highest BCUT2D eigenvalue weighted by Crippen LogP contribution is 2.26. The molecule has 0 spiro atoms. The fourth-order valence-electron chi connectivity index (χ4n) is 2.50. The molecule has 6 nitrogen and oxygen atoms in total. The maximum atomic E-state index is 11.7. The molecule has 0 radical (unpaired) electrons. The largest absolute Gasteiger partial charge is 0.480 e. The van der Waals surface area contributed by atoms with Gasteiger partial charge in [0.25, 0.3) is 0 Å². The average Bonchev–Trinajstić information content (AvgIpc) is 2.41. The van der Waals surface area contributed by atoms with Gasteiger partial charge in [0.2, 0.25) is 0 Å². The molecule has 0 heterocycles. The topological polar surface area (TPSA) is 87.7 Å². The maximum Gasteiger partial charge on any atom is 0.326 e. The van der Waals surface area contributed by atoms with E-state index in [1.807, 2.05) is 13.8 Å². The molecular weight excluding hydrogens is 260 g/mol. The van der Waals surface area contributed by atoms with Crippen molar-refractivity contribution >= 4 is 12.0 Å². The summed E-state index contributed by atoms with van der Waals surface area (Å²) in [4.78, 5) is 23.0. The smallest absolute Gasteiger partial charge is 0.326 e. The standard InChI is InChI=1S/C14H26N2O4/c1-10(2)20-9-8-15-14(19)16-12(13(17)18)11-6-4-3-5-7-11/h10-12H,3-9H2,1-2H3,(H,17,18)(H2,15,16,19). The van der Waals surface area contributed by atoms with Gasteiger partial charge >= 0.3 is 12.0 Å². The maximum absolute atomic E-state index is 11.7. The summed E-state index contributed by atoms with van der Waals surface area (Å²) in [5, 5.41) is 14.4. The average molecular weight is 286 g/mol. The minimum Gasteiger partial charge on any atom is -0.480 e. The molecule has 1 aliphatic carbocycles. The predicted octanol–water partition coefficient (Wildman–Crippen LogP) is 1.74. The Hall–Kier alpha value is -1.30. The van der Waals surface area contributed by atoms with Crippen molar-refractivity contribution in [3.05, 3.63) is 0 Å². The lowest BCUT2D eigenvalue weighted by Crippen LogP contribution is -2.50. The van der Waals surface area contributed by atoms with Crippen LogP contribution in [0.5, 0.6) is 0 Å². The molecule has 1 atom stereocenters. The lowest BCUT2D eigenvalue weighted by molar-refractivity contribution is -0.141. The molecule has 0 aromatic rings. The Labute approximate surface area is 120 Å². The molecule has 2 amide bonds. The first-order valence-corrected chi connectivity index (χ1v) is 7.39. The van der Waals surface area contributed by atoms with Crippen LogP contribution in [0.25, 0.3) is 0 Å². The van der Waals surface area contributed by atoms with E-state index in [0.717, 1.165) is 32.1 Å². The molecule has 0 saturated heterocycles. The first-order valence-electron chi connectivity index (χ1n) is 7.39. The number of urea groups is 1. The highest BCUT2D eigenvalue weighted by Gasteiger charge is 2.30. The number of nitrogens with one attached hydrogen (secondary N) is 2. The summed E-state index contributed by atoms with van der Waals surface area (Å²) in [5.41, 5.74) is 0. The summed E-state index contributed by atoms with van der Waals surface area (Å²) in [7, 11) is 0. The Morgan fingerprint density at radius 1 is 1.25 bits per heavy atom. The second kappa shape index (κ2) is 8.79. The van der Waals surface area contributed by atoms with Crippen LogP contribution in [0.3, 0.4) is 0 Å². The molecule has 0 aliphatic heterocycles. The van der Waals surface area contributed by atoms with E-state index in [2.05, 4.69) is 10.6 Å². The van der Waals surface area contributed by atoms with Crippen molar-refractivity contribution in [1.82, 2.24) is 10.6 Å². The van der Waals surface area contributed by atoms with Crippen molar-refractivity contribution in [3.8, 4) is 0 Å². The quantitative estimate of drug-likeness (QED) is 0.622. The molecule has 1 saturated carbocycles. The number of hydrogen-bond donors (Lipinski definition) is 3. The molecule has 1 unspecified atom stereocenters. The van der Waals surface area contributed by atoms with E-state index in [0.29, 0.717) is 13.2 Å². The van der Waals surface area contributed by atoms with Crippen LogP contribution in [0, 0.1) is 5.92 Å². The van der Waals surface area contributed by atoms with Gasteiger partial charge in [-0.25, -0.2) is 9.59 Å².